The smallest absolute Gasteiger partial charge is 0.348 e. The molecule has 0 aromatic rings. The van der Waals surface area contributed by atoms with Crippen LogP contribution in [-0.4, -0.2) is 24.2 Å². The quantitative estimate of drug-likeness (QED) is 0.449. The van der Waals surface area contributed by atoms with Gasteiger partial charge in [0.2, 0.25) is 0 Å². The number of carbonyl (C=O) groups excluding carboxylic acids is 1. The standard InChI is InChI=1S/C7H6Cl2O4/c1-13-5(10)3-2-4(8)6(9)7(11)12/h2-3H,1H3,(H,11,12)/b3-2+,6-4+. The van der Waals surface area contributed by atoms with E-state index < -0.39 is 17.0 Å². The van der Waals surface area contributed by atoms with Crippen molar-refractivity contribution >= 4 is 35.1 Å². The summed E-state index contributed by atoms with van der Waals surface area (Å²) < 4.78 is 4.24. The van der Waals surface area contributed by atoms with Crippen LogP contribution in [0.15, 0.2) is 22.2 Å². The van der Waals surface area contributed by atoms with Crippen molar-refractivity contribution in [1.29, 1.82) is 0 Å². The molecule has 0 bridgehead atoms. The van der Waals surface area contributed by atoms with Gasteiger partial charge >= 0.3 is 11.9 Å². The molecule has 0 saturated heterocycles. The van der Waals surface area contributed by atoms with Gasteiger partial charge in [0.1, 0.15) is 5.03 Å². The van der Waals surface area contributed by atoms with Gasteiger partial charge < -0.3 is 9.84 Å². The second-order valence-electron chi connectivity index (χ2n) is 1.82. The molecule has 0 aliphatic carbocycles. The molecular weight excluding hydrogens is 219 g/mol. The van der Waals surface area contributed by atoms with Crippen molar-refractivity contribution in [3.05, 3.63) is 22.2 Å². The maximum absolute atomic E-state index is 10.5. The van der Waals surface area contributed by atoms with Gasteiger partial charge in [-0.05, 0) is 6.08 Å². The second kappa shape index (κ2) is 5.61. The van der Waals surface area contributed by atoms with E-state index in [1.54, 1.807) is 0 Å². The van der Waals surface area contributed by atoms with Crippen molar-refractivity contribution in [3.8, 4) is 0 Å². The first-order valence-electron chi connectivity index (χ1n) is 3.03. The van der Waals surface area contributed by atoms with E-state index in [2.05, 4.69) is 4.74 Å². The molecule has 1 N–H and O–H groups in total. The van der Waals surface area contributed by atoms with E-state index in [1.165, 1.54) is 7.11 Å². The van der Waals surface area contributed by atoms with Crippen molar-refractivity contribution in [3.63, 3.8) is 0 Å². The van der Waals surface area contributed by atoms with Crippen LogP contribution < -0.4 is 0 Å². The monoisotopic (exact) mass is 224 g/mol. The predicted octanol–water partition coefficient (Wildman–Crippen LogP) is 1.49. The van der Waals surface area contributed by atoms with E-state index in [1.807, 2.05) is 0 Å². The molecule has 0 heterocycles. The molecule has 4 nitrogen and oxygen atoms in total. The molecule has 0 atom stereocenters. The minimum Gasteiger partial charge on any atom is -0.477 e. The number of hydrogen-bond acceptors (Lipinski definition) is 3. The molecule has 6 heteroatoms. The highest BCUT2D eigenvalue weighted by Gasteiger charge is 2.07. The first-order valence-corrected chi connectivity index (χ1v) is 3.79. The lowest BCUT2D eigenvalue weighted by molar-refractivity contribution is -0.135. The van der Waals surface area contributed by atoms with Crippen LogP contribution in [0, 0.1) is 0 Å². The summed E-state index contributed by atoms with van der Waals surface area (Å²) in [6, 6.07) is 0. The Bertz CT molecular complexity index is 280. The van der Waals surface area contributed by atoms with E-state index in [-0.39, 0.29) is 5.03 Å². The van der Waals surface area contributed by atoms with Gasteiger partial charge in [0.15, 0.2) is 0 Å². The number of hydrogen-bond donors (Lipinski definition) is 1. The normalized spacial score (nSPS) is 12.5. The Morgan fingerprint density at radius 2 is 1.85 bits per heavy atom. The fraction of sp³-hybridized carbons (Fsp3) is 0.143. The zero-order chi connectivity index (χ0) is 10.4. The number of aliphatic carboxylic acids is 1. The van der Waals surface area contributed by atoms with Gasteiger partial charge in [-0.25, -0.2) is 9.59 Å². The summed E-state index contributed by atoms with van der Waals surface area (Å²) in [5.41, 5.74) is 0. The molecule has 0 spiro atoms. The van der Waals surface area contributed by atoms with Crippen LogP contribution in [-0.2, 0) is 14.3 Å². The highest BCUT2D eigenvalue weighted by Crippen LogP contribution is 2.15. The number of carboxylic acid groups (broad SMARTS) is 1. The number of carbonyl (C=O) groups is 2. The highest BCUT2D eigenvalue weighted by molar-refractivity contribution is 6.47. The Hall–Kier alpha value is -1.00. The van der Waals surface area contributed by atoms with Crippen LogP contribution in [0.25, 0.3) is 0 Å². The largest absolute Gasteiger partial charge is 0.477 e. The van der Waals surface area contributed by atoms with Crippen LogP contribution in [0.4, 0.5) is 0 Å². The third kappa shape index (κ3) is 4.55. The van der Waals surface area contributed by atoms with Gasteiger partial charge in [0.05, 0.1) is 12.1 Å². The van der Waals surface area contributed by atoms with Crippen LogP contribution in [0.3, 0.4) is 0 Å². The number of allylic oxidation sites excluding steroid dienone is 2. The maximum atomic E-state index is 10.5. The van der Waals surface area contributed by atoms with Gasteiger partial charge in [0.25, 0.3) is 0 Å². The molecule has 13 heavy (non-hydrogen) atoms. The SMILES string of the molecule is COC(=O)/C=C/C(Cl)=C(\Cl)C(=O)O. The summed E-state index contributed by atoms with van der Waals surface area (Å²) in [6.07, 6.45) is 2.01. The second-order valence-corrected chi connectivity index (χ2v) is 2.61. The number of methoxy groups -OCH3 is 1. The van der Waals surface area contributed by atoms with Crippen molar-refractivity contribution in [1.82, 2.24) is 0 Å². The minimum absolute atomic E-state index is 0.237. The average Bonchev–Trinajstić information content (AvgIpc) is 2.11. The Morgan fingerprint density at radius 3 is 2.23 bits per heavy atom. The van der Waals surface area contributed by atoms with Gasteiger partial charge in [-0.1, -0.05) is 23.2 Å². The van der Waals surface area contributed by atoms with Gasteiger partial charge in [-0.2, -0.15) is 0 Å². The molecule has 0 fully saturated rings. The lowest BCUT2D eigenvalue weighted by atomic mass is 10.4. The number of rotatable bonds is 3. The molecule has 0 amide bonds. The van der Waals surface area contributed by atoms with E-state index in [0.717, 1.165) is 12.2 Å². The average molecular weight is 225 g/mol. The summed E-state index contributed by atoms with van der Waals surface area (Å²) in [5, 5.41) is 7.56. The highest BCUT2D eigenvalue weighted by atomic mass is 35.5. The third-order valence-corrected chi connectivity index (χ3v) is 1.74. The Balaban J connectivity index is 4.54. The zero-order valence-corrected chi connectivity index (χ0v) is 8.09. The van der Waals surface area contributed by atoms with Gasteiger partial charge in [-0.3, -0.25) is 0 Å². The summed E-state index contributed by atoms with van der Waals surface area (Å²) in [5.74, 6) is -2.01. The van der Waals surface area contributed by atoms with Crippen LogP contribution in [0.5, 0.6) is 0 Å². The number of halogens is 2. The Kier molecular flexibility index (Phi) is 5.18. The summed E-state index contributed by atoms with van der Waals surface area (Å²) in [4.78, 5) is 20.8. The fourth-order valence-corrected chi connectivity index (χ4v) is 0.591. The Morgan fingerprint density at radius 1 is 1.31 bits per heavy atom. The molecule has 0 unspecified atom stereocenters. The van der Waals surface area contributed by atoms with E-state index in [9.17, 15) is 9.59 Å². The van der Waals surface area contributed by atoms with Crippen molar-refractivity contribution < 1.29 is 19.4 Å². The van der Waals surface area contributed by atoms with Crippen molar-refractivity contribution in [2.75, 3.05) is 7.11 Å². The third-order valence-electron chi connectivity index (χ3n) is 0.964. The lowest BCUT2D eigenvalue weighted by Gasteiger charge is -1.92. The lowest BCUT2D eigenvalue weighted by Crippen LogP contribution is -1.96. The van der Waals surface area contributed by atoms with Crippen molar-refractivity contribution in [2.45, 2.75) is 0 Å². The molecule has 0 aliphatic rings. The predicted molar refractivity (Wildman–Crippen MR) is 47.5 cm³/mol. The van der Waals surface area contributed by atoms with E-state index >= 15 is 0 Å². The molecule has 0 saturated carbocycles. The van der Waals surface area contributed by atoms with Gasteiger partial charge in [-0.15, -0.1) is 0 Å². The number of esters is 1. The number of carboxylic acids is 1. The number of ether oxygens (including phenoxy) is 1. The molecule has 72 valence electrons. The van der Waals surface area contributed by atoms with Crippen LogP contribution in [0.1, 0.15) is 0 Å². The van der Waals surface area contributed by atoms with E-state index in [0.29, 0.717) is 0 Å². The molecular formula is C7H6Cl2O4. The molecule has 0 radical (unpaired) electrons. The van der Waals surface area contributed by atoms with E-state index in [4.69, 9.17) is 28.3 Å². The topological polar surface area (TPSA) is 63.6 Å². The fourth-order valence-electron chi connectivity index (χ4n) is 0.385. The molecule has 0 aliphatic heterocycles. The zero-order valence-electron chi connectivity index (χ0n) is 6.58. The minimum atomic E-state index is -1.36. The van der Waals surface area contributed by atoms with Crippen LogP contribution in [0.2, 0.25) is 0 Å². The summed E-state index contributed by atoms with van der Waals surface area (Å²) in [7, 11) is 1.18. The van der Waals surface area contributed by atoms with Crippen LogP contribution >= 0.6 is 23.2 Å². The Labute approximate surface area is 84.4 Å². The summed E-state index contributed by atoms with van der Waals surface area (Å²) >= 11 is 10.6. The summed E-state index contributed by atoms with van der Waals surface area (Å²) in [6.45, 7) is 0. The first kappa shape index (κ1) is 12.0. The molecule has 0 aromatic carbocycles. The first-order chi connectivity index (χ1) is 5.99. The van der Waals surface area contributed by atoms with Gasteiger partial charge in [0, 0.05) is 6.08 Å². The van der Waals surface area contributed by atoms with Crippen molar-refractivity contribution in [2.24, 2.45) is 0 Å². The maximum Gasteiger partial charge on any atom is 0.348 e. The molecule has 0 rings (SSSR count). The molecule has 0 aromatic heterocycles.